The molecule has 1 rings (SSSR count). The van der Waals surface area contributed by atoms with Crippen molar-refractivity contribution in [2.24, 2.45) is 11.8 Å². The lowest BCUT2D eigenvalue weighted by molar-refractivity contribution is -0.150. The zero-order valence-corrected chi connectivity index (χ0v) is 12.1. The molecule has 0 bridgehead atoms. The van der Waals surface area contributed by atoms with Gasteiger partial charge in [0.1, 0.15) is 0 Å². The Morgan fingerprint density at radius 1 is 1.22 bits per heavy atom. The highest BCUT2D eigenvalue weighted by Crippen LogP contribution is 2.29. The van der Waals surface area contributed by atoms with Gasteiger partial charge in [-0.15, -0.1) is 0 Å². The van der Waals surface area contributed by atoms with E-state index in [-0.39, 0.29) is 11.9 Å². The van der Waals surface area contributed by atoms with Crippen molar-refractivity contribution in [3.05, 3.63) is 0 Å². The fourth-order valence-corrected chi connectivity index (χ4v) is 2.45. The number of carbonyl (C=O) groups is 1. The van der Waals surface area contributed by atoms with E-state index in [0.29, 0.717) is 6.61 Å². The first kappa shape index (κ1) is 15.5. The summed E-state index contributed by atoms with van der Waals surface area (Å²) in [5.41, 5.74) is -0.608. The molecule has 1 N–H and O–H groups in total. The second kappa shape index (κ2) is 7.13. The molecule has 18 heavy (non-hydrogen) atoms. The van der Waals surface area contributed by atoms with E-state index in [9.17, 15) is 9.90 Å². The third-order valence-electron chi connectivity index (χ3n) is 3.78. The van der Waals surface area contributed by atoms with Crippen molar-refractivity contribution in [1.29, 1.82) is 0 Å². The van der Waals surface area contributed by atoms with E-state index in [2.05, 4.69) is 6.92 Å². The third-order valence-corrected chi connectivity index (χ3v) is 3.78. The van der Waals surface area contributed by atoms with Crippen LogP contribution in [0.3, 0.4) is 0 Å². The van der Waals surface area contributed by atoms with Crippen LogP contribution >= 0.6 is 0 Å². The van der Waals surface area contributed by atoms with Gasteiger partial charge in [-0.3, -0.25) is 4.79 Å². The summed E-state index contributed by atoms with van der Waals surface area (Å²) in [6, 6.07) is 0. The maximum atomic E-state index is 11.8. The molecule has 1 fully saturated rings. The van der Waals surface area contributed by atoms with Gasteiger partial charge >= 0.3 is 5.97 Å². The largest absolute Gasteiger partial charge is 0.465 e. The number of aliphatic hydroxyl groups is 1. The van der Waals surface area contributed by atoms with Crippen LogP contribution in [-0.2, 0) is 9.53 Å². The number of carbonyl (C=O) groups excluding carboxylic acids is 1. The Morgan fingerprint density at radius 2 is 1.83 bits per heavy atom. The number of rotatable bonds is 6. The first-order chi connectivity index (χ1) is 8.38. The summed E-state index contributed by atoms with van der Waals surface area (Å²) in [5.74, 6) is 0.890. The van der Waals surface area contributed by atoms with Crippen molar-refractivity contribution in [3.63, 3.8) is 0 Å². The molecular weight excluding hydrogens is 228 g/mol. The van der Waals surface area contributed by atoms with Crippen LogP contribution in [0.4, 0.5) is 0 Å². The molecule has 0 amide bonds. The van der Waals surface area contributed by atoms with Gasteiger partial charge in [0, 0.05) is 0 Å². The molecule has 1 saturated carbocycles. The molecule has 106 valence electrons. The summed E-state index contributed by atoms with van der Waals surface area (Å²) in [6.45, 7) is 6.36. The third kappa shape index (κ3) is 6.39. The van der Waals surface area contributed by atoms with Crippen molar-refractivity contribution in [2.75, 3.05) is 6.61 Å². The van der Waals surface area contributed by atoms with E-state index >= 15 is 0 Å². The Morgan fingerprint density at radius 3 is 2.39 bits per heavy atom. The lowest BCUT2D eigenvalue weighted by Crippen LogP contribution is -2.23. The van der Waals surface area contributed by atoms with Crippen molar-refractivity contribution >= 4 is 5.97 Å². The van der Waals surface area contributed by atoms with Gasteiger partial charge in [-0.25, -0.2) is 0 Å². The van der Waals surface area contributed by atoms with Crippen LogP contribution < -0.4 is 0 Å². The van der Waals surface area contributed by atoms with Gasteiger partial charge in [0.2, 0.25) is 0 Å². The minimum Gasteiger partial charge on any atom is -0.465 e. The lowest BCUT2D eigenvalue weighted by Gasteiger charge is -2.24. The number of hydrogen-bond acceptors (Lipinski definition) is 3. The van der Waals surface area contributed by atoms with E-state index < -0.39 is 5.60 Å². The second-order valence-electron chi connectivity index (χ2n) is 6.39. The van der Waals surface area contributed by atoms with E-state index in [0.717, 1.165) is 50.9 Å². The average molecular weight is 256 g/mol. The van der Waals surface area contributed by atoms with E-state index in [4.69, 9.17) is 4.74 Å². The Balaban J connectivity index is 2.07. The monoisotopic (exact) mass is 256 g/mol. The van der Waals surface area contributed by atoms with Crippen LogP contribution in [-0.4, -0.2) is 23.3 Å². The topological polar surface area (TPSA) is 46.5 Å². The fraction of sp³-hybridized carbons (Fsp3) is 0.933. The molecule has 0 aromatic carbocycles. The SMILES string of the molecule is CC1CCC(C(=O)OCCCCC(C)(C)O)CC1. The highest BCUT2D eigenvalue weighted by Gasteiger charge is 2.25. The van der Waals surface area contributed by atoms with E-state index in [1.807, 2.05) is 13.8 Å². The summed E-state index contributed by atoms with van der Waals surface area (Å²) in [5, 5.41) is 9.55. The number of hydrogen-bond donors (Lipinski definition) is 1. The Labute approximate surface area is 111 Å². The van der Waals surface area contributed by atoms with Crippen molar-refractivity contribution in [2.45, 2.75) is 71.3 Å². The average Bonchev–Trinajstić information content (AvgIpc) is 2.27. The van der Waals surface area contributed by atoms with Gasteiger partial charge in [-0.2, -0.15) is 0 Å². The van der Waals surface area contributed by atoms with Crippen molar-refractivity contribution in [3.8, 4) is 0 Å². The Bertz CT molecular complexity index is 247. The zero-order chi connectivity index (χ0) is 13.6. The van der Waals surface area contributed by atoms with Gasteiger partial charge in [0.05, 0.1) is 18.1 Å². The van der Waals surface area contributed by atoms with Crippen LogP contribution in [0.5, 0.6) is 0 Å². The molecule has 3 heteroatoms. The number of ether oxygens (including phenoxy) is 1. The standard InChI is InChI=1S/C15H28O3/c1-12-6-8-13(9-7-12)14(16)18-11-5-4-10-15(2,3)17/h12-13,17H,4-11H2,1-3H3. The van der Waals surface area contributed by atoms with E-state index in [1.165, 1.54) is 0 Å². The van der Waals surface area contributed by atoms with Gasteiger partial charge in [0.15, 0.2) is 0 Å². The Kier molecular flexibility index (Phi) is 6.13. The number of esters is 1. The number of unbranched alkanes of at least 4 members (excludes halogenated alkanes) is 1. The summed E-state index contributed by atoms with van der Waals surface area (Å²) in [6.07, 6.45) is 6.78. The smallest absolute Gasteiger partial charge is 0.308 e. The predicted octanol–water partition coefficient (Wildman–Crippen LogP) is 3.30. The second-order valence-corrected chi connectivity index (χ2v) is 6.39. The highest BCUT2D eigenvalue weighted by molar-refractivity contribution is 5.72. The van der Waals surface area contributed by atoms with Crippen LogP contribution in [0.25, 0.3) is 0 Å². The van der Waals surface area contributed by atoms with E-state index in [1.54, 1.807) is 0 Å². The first-order valence-corrected chi connectivity index (χ1v) is 7.27. The molecule has 0 spiro atoms. The molecule has 0 aromatic heterocycles. The van der Waals surface area contributed by atoms with Crippen LogP contribution in [0.1, 0.15) is 65.7 Å². The molecule has 0 saturated heterocycles. The molecule has 0 aliphatic heterocycles. The first-order valence-electron chi connectivity index (χ1n) is 7.27. The highest BCUT2D eigenvalue weighted by atomic mass is 16.5. The van der Waals surface area contributed by atoms with Crippen LogP contribution in [0.2, 0.25) is 0 Å². The maximum absolute atomic E-state index is 11.8. The molecule has 1 aliphatic rings. The summed E-state index contributed by atoms with van der Waals surface area (Å²) < 4.78 is 5.31. The molecule has 3 nitrogen and oxygen atoms in total. The maximum Gasteiger partial charge on any atom is 0.308 e. The predicted molar refractivity (Wildman–Crippen MR) is 72.2 cm³/mol. The summed E-state index contributed by atoms with van der Waals surface area (Å²) >= 11 is 0. The van der Waals surface area contributed by atoms with Gasteiger partial charge in [-0.1, -0.05) is 6.92 Å². The minimum atomic E-state index is -0.608. The Hall–Kier alpha value is -0.570. The van der Waals surface area contributed by atoms with Crippen LogP contribution in [0.15, 0.2) is 0 Å². The normalized spacial score (nSPS) is 24.9. The molecule has 1 aliphatic carbocycles. The van der Waals surface area contributed by atoms with Crippen LogP contribution in [0, 0.1) is 11.8 Å². The van der Waals surface area contributed by atoms with Crippen molar-refractivity contribution < 1.29 is 14.6 Å². The molecule has 0 aromatic rings. The summed E-state index contributed by atoms with van der Waals surface area (Å²) in [4.78, 5) is 11.8. The molecule has 0 atom stereocenters. The quantitative estimate of drug-likeness (QED) is 0.586. The molecular formula is C15H28O3. The van der Waals surface area contributed by atoms with Gasteiger partial charge in [0.25, 0.3) is 0 Å². The zero-order valence-electron chi connectivity index (χ0n) is 12.1. The minimum absolute atomic E-state index is 0.00911. The summed E-state index contributed by atoms with van der Waals surface area (Å²) in [7, 11) is 0. The molecule has 0 unspecified atom stereocenters. The molecule has 0 heterocycles. The van der Waals surface area contributed by atoms with Crippen molar-refractivity contribution in [1.82, 2.24) is 0 Å². The molecule has 0 radical (unpaired) electrons. The lowest BCUT2D eigenvalue weighted by atomic mass is 9.83. The fourth-order valence-electron chi connectivity index (χ4n) is 2.45. The van der Waals surface area contributed by atoms with Gasteiger partial charge in [-0.05, 0) is 64.7 Å². The van der Waals surface area contributed by atoms with Gasteiger partial charge < -0.3 is 9.84 Å².